The van der Waals surface area contributed by atoms with Gasteiger partial charge in [0, 0.05) is 25.4 Å². The Morgan fingerprint density at radius 3 is 2.48 bits per heavy atom. The molecule has 1 aromatic heterocycles. The molecule has 1 aromatic rings. The van der Waals surface area contributed by atoms with E-state index in [1.54, 1.807) is 17.0 Å². The van der Waals surface area contributed by atoms with Gasteiger partial charge in [-0.15, -0.1) is 0 Å². The van der Waals surface area contributed by atoms with Crippen LogP contribution in [-0.2, 0) is 4.79 Å². The highest BCUT2D eigenvalue weighted by molar-refractivity contribution is 5.94. The highest BCUT2D eigenvalue weighted by Gasteiger charge is 2.27. The molecule has 21 heavy (non-hydrogen) atoms. The minimum Gasteiger partial charge on any atom is -0.481 e. The van der Waals surface area contributed by atoms with Crippen LogP contribution in [0.5, 0.6) is 5.88 Å². The average molecular weight is 292 g/mol. The highest BCUT2D eigenvalue weighted by atomic mass is 16.5. The second kappa shape index (κ2) is 6.56. The molecule has 1 fully saturated rings. The number of aliphatic carboxylic acids is 1. The van der Waals surface area contributed by atoms with E-state index in [1.165, 1.54) is 6.20 Å². The van der Waals surface area contributed by atoms with E-state index in [-0.39, 0.29) is 17.9 Å². The Hall–Kier alpha value is -2.11. The van der Waals surface area contributed by atoms with Crippen molar-refractivity contribution in [2.45, 2.75) is 32.8 Å². The molecule has 6 heteroatoms. The third kappa shape index (κ3) is 3.93. The van der Waals surface area contributed by atoms with Crippen molar-refractivity contribution in [3.63, 3.8) is 0 Å². The number of pyridine rings is 1. The van der Waals surface area contributed by atoms with Crippen molar-refractivity contribution in [2.24, 2.45) is 5.92 Å². The molecule has 1 aliphatic heterocycles. The van der Waals surface area contributed by atoms with Gasteiger partial charge in [-0.2, -0.15) is 0 Å². The fraction of sp³-hybridized carbons (Fsp3) is 0.533. The molecule has 1 aliphatic rings. The maximum atomic E-state index is 12.3. The second-order valence-electron chi connectivity index (χ2n) is 5.46. The molecule has 1 amide bonds. The molecular formula is C15H20N2O4. The number of piperidine rings is 1. The Morgan fingerprint density at radius 2 is 2.00 bits per heavy atom. The van der Waals surface area contributed by atoms with Gasteiger partial charge in [0.2, 0.25) is 5.88 Å². The van der Waals surface area contributed by atoms with Crippen LogP contribution in [0.25, 0.3) is 0 Å². The molecular weight excluding hydrogens is 272 g/mol. The van der Waals surface area contributed by atoms with Crippen molar-refractivity contribution in [1.82, 2.24) is 9.88 Å². The zero-order valence-corrected chi connectivity index (χ0v) is 12.3. The zero-order valence-electron chi connectivity index (χ0n) is 12.3. The number of nitrogens with zero attached hydrogens (tertiary/aromatic N) is 2. The van der Waals surface area contributed by atoms with Gasteiger partial charge < -0.3 is 14.7 Å². The SMILES string of the molecule is CC(C)Oc1ccc(C(=O)N2CCC(C(=O)O)CC2)cn1. The smallest absolute Gasteiger partial charge is 0.306 e. The summed E-state index contributed by atoms with van der Waals surface area (Å²) >= 11 is 0. The van der Waals surface area contributed by atoms with Gasteiger partial charge in [0.15, 0.2) is 0 Å². The van der Waals surface area contributed by atoms with Crippen LogP contribution in [0.2, 0.25) is 0 Å². The molecule has 1 N–H and O–H groups in total. The molecule has 0 unspecified atom stereocenters. The van der Waals surface area contributed by atoms with E-state index in [0.717, 1.165) is 0 Å². The first kappa shape index (κ1) is 15.3. The fourth-order valence-corrected chi connectivity index (χ4v) is 2.33. The van der Waals surface area contributed by atoms with Gasteiger partial charge in [0.05, 0.1) is 17.6 Å². The fourth-order valence-electron chi connectivity index (χ4n) is 2.33. The van der Waals surface area contributed by atoms with Gasteiger partial charge in [0.25, 0.3) is 5.91 Å². The summed E-state index contributed by atoms with van der Waals surface area (Å²) < 4.78 is 5.43. The standard InChI is InChI=1S/C15H20N2O4/c1-10(2)21-13-4-3-12(9-16-13)14(18)17-7-5-11(6-8-17)15(19)20/h3-4,9-11H,5-8H2,1-2H3,(H,19,20). The van der Waals surface area contributed by atoms with E-state index < -0.39 is 5.97 Å². The van der Waals surface area contributed by atoms with Gasteiger partial charge in [0.1, 0.15) is 0 Å². The van der Waals surface area contributed by atoms with Crippen molar-refractivity contribution < 1.29 is 19.4 Å². The number of ether oxygens (including phenoxy) is 1. The predicted octanol–water partition coefficient (Wildman–Crippen LogP) is 1.81. The molecule has 0 aromatic carbocycles. The lowest BCUT2D eigenvalue weighted by Crippen LogP contribution is -2.40. The number of likely N-dealkylation sites (tertiary alicyclic amines) is 1. The Balaban J connectivity index is 1.96. The molecule has 6 nitrogen and oxygen atoms in total. The molecule has 2 rings (SSSR count). The number of carbonyl (C=O) groups excluding carboxylic acids is 1. The molecule has 0 bridgehead atoms. The van der Waals surface area contributed by atoms with E-state index in [2.05, 4.69) is 4.98 Å². The van der Waals surface area contributed by atoms with Crippen molar-refractivity contribution >= 4 is 11.9 Å². The molecule has 2 heterocycles. The predicted molar refractivity (Wildman–Crippen MR) is 76.3 cm³/mol. The third-order valence-corrected chi connectivity index (χ3v) is 3.47. The number of carboxylic acids is 1. The first-order valence-corrected chi connectivity index (χ1v) is 7.12. The molecule has 0 spiro atoms. The number of carbonyl (C=O) groups is 2. The quantitative estimate of drug-likeness (QED) is 0.915. The van der Waals surface area contributed by atoms with Crippen LogP contribution in [0.4, 0.5) is 0 Å². The monoisotopic (exact) mass is 292 g/mol. The van der Waals surface area contributed by atoms with E-state index in [0.29, 0.717) is 37.4 Å². The summed E-state index contributed by atoms with van der Waals surface area (Å²) in [4.78, 5) is 29.0. The van der Waals surface area contributed by atoms with Crippen molar-refractivity contribution in [1.29, 1.82) is 0 Å². The largest absolute Gasteiger partial charge is 0.481 e. The van der Waals surface area contributed by atoms with Crippen LogP contribution >= 0.6 is 0 Å². The first-order chi connectivity index (χ1) is 9.97. The van der Waals surface area contributed by atoms with Crippen LogP contribution < -0.4 is 4.74 Å². The second-order valence-corrected chi connectivity index (χ2v) is 5.46. The van der Waals surface area contributed by atoms with Gasteiger partial charge in [-0.3, -0.25) is 9.59 Å². The lowest BCUT2D eigenvalue weighted by molar-refractivity contribution is -0.143. The summed E-state index contributed by atoms with van der Waals surface area (Å²) in [6, 6.07) is 3.37. The van der Waals surface area contributed by atoms with E-state index in [1.807, 2.05) is 13.8 Å². The number of amides is 1. The molecule has 0 saturated carbocycles. The van der Waals surface area contributed by atoms with E-state index >= 15 is 0 Å². The minimum atomic E-state index is -0.779. The molecule has 0 radical (unpaired) electrons. The van der Waals surface area contributed by atoms with Crippen molar-refractivity contribution in [3.05, 3.63) is 23.9 Å². The van der Waals surface area contributed by atoms with Gasteiger partial charge >= 0.3 is 5.97 Å². The topological polar surface area (TPSA) is 79.7 Å². The van der Waals surface area contributed by atoms with Gasteiger partial charge in [-0.25, -0.2) is 4.98 Å². The van der Waals surface area contributed by atoms with Crippen molar-refractivity contribution in [3.8, 4) is 5.88 Å². The van der Waals surface area contributed by atoms with Crippen LogP contribution in [0.1, 0.15) is 37.0 Å². The summed E-state index contributed by atoms with van der Waals surface area (Å²) in [6.07, 6.45) is 2.55. The van der Waals surface area contributed by atoms with Crippen LogP contribution in [-0.4, -0.2) is 46.1 Å². The van der Waals surface area contributed by atoms with E-state index in [4.69, 9.17) is 9.84 Å². The third-order valence-electron chi connectivity index (χ3n) is 3.47. The maximum absolute atomic E-state index is 12.3. The highest BCUT2D eigenvalue weighted by Crippen LogP contribution is 2.19. The van der Waals surface area contributed by atoms with Gasteiger partial charge in [-0.05, 0) is 32.8 Å². The molecule has 0 aliphatic carbocycles. The Kier molecular flexibility index (Phi) is 4.77. The maximum Gasteiger partial charge on any atom is 0.306 e. The zero-order chi connectivity index (χ0) is 15.4. The average Bonchev–Trinajstić information content (AvgIpc) is 2.47. The number of aromatic nitrogens is 1. The minimum absolute atomic E-state index is 0.0362. The molecule has 0 atom stereocenters. The Labute approximate surface area is 123 Å². The van der Waals surface area contributed by atoms with E-state index in [9.17, 15) is 9.59 Å². The van der Waals surface area contributed by atoms with Crippen LogP contribution in [0.15, 0.2) is 18.3 Å². The number of hydrogen-bond donors (Lipinski definition) is 1. The first-order valence-electron chi connectivity index (χ1n) is 7.12. The summed E-state index contributed by atoms with van der Waals surface area (Å²) in [5.41, 5.74) is 0.500. The summed E-state index contributed by atoms with van der Waals surface area (Å²) in [5, 5.41) is 8.96. The van der Waals surface area contributed by atoms with Crippen LogP contribution in [0.3, 0.4) is 0 Å². The lowest BCUT2D eigenvalue weighted by atomic mass is 9.97. The van der Waals surface area contributed by atoms with Crippen molar-refractivity contribution in [2.75, 3.05) is 13.1 Å². The molecule has 1 saturated heterocycles. The summed E-state index contributed by atoms with van der Waals surface area (Å²) in [6.45, 7) is 4.76. The summed E-state index contributed by atoms with van der Waals surface area (Å²) in [5.74, 6) is -0.735. The number of hydrogen-bond acceptors (Lipinski definition) is 4. The number of rotatable bonds is 4. The Morgan fingerprint density at radius 1 is 1.33 bits per heavy atom. The Bertz CT molecular complexity index is 505. The number of carboxylic acid groups (broad SMARTS) is 1. The van der Waals surface area contributed by atoms with Gasteiger partial charge in [-0.1, -0.05) is 0 Å². The summed E-state index contributed by atoms with van der Waals surface area (Å²) in [7, 11) is 0. The lowest BCUT2D eigenvalue weighted by Gasteiger charge is -2.30. The normalized spacial score (nSPS) is 16.0. The van der Waals surface area contributed by atoms with Crippen LogP contribution in [0, 0.1) is 5.92 Å². The molecule has 114 valence electrons.